The van der Waals surface area contributed by atoms with E-state index >= 15 is 0 Å². The first-order chi connectivity index (χ1) is 8.79. The van der Waals surface area contributed by atoms with Gasteiger partial charge in [0.25, 0.3) is 0 Å². The summed E-state index contributed by atoms with van der Waals surface area (Å²) in [7, 11) is 0. The number of nitrogens with one attached hydrogen (secondary N) is 1. The molecule has 1 N–H and O–H groups in total. The molecule has 0 aliphatic heterocycles. The highest BCUT2D eigenvalue weighted by atomic mass is 35.5. The molecule has 0 heterocycles. The second kappa shape index (κ2) is 7.13. The average molecular weight is 268 g/mol. The van der Waals surface area contributed by atoms with Crippen LogP contribution in [0.5, 0.6) is 0 Å². The zero-order valence-electron chi connectivity index (χ0n) is 11.0. The molecule has 0 bridgehead atoms. The highest BCUT2D eigenvalue weighted by Crippen LogP contribution is 2.24. The highest BCUT2D eigenvalue weighted by molar-refractivity contribution is 6.30. The van der Waals surface area contributed by atoms with Gasteiger partial charge in [-0.1, -0.05) is 49.9 Å². The van der Waals surface area contributed by atoms with Crippen LogP contribution in [-0.4, -0.2) is 6.10 Å². The number of halogens is 1. The average Bonchev–Trinajstić information content (AvgIpc) is 2.89. The molecule has 1 aromatic carbocycles. The monoisotopic (exact) mass is 267 g/mol. The lowest BCUT2D eigenvalue weighted by atomic mass is 10.0. The van der Waals surface area contributed by atoms with Crippen LogP contribution in [0.25, 0.3) is 0 Å². The zero-order valence-corrected chi connectivity index (χ0v) is 11.7. The van der Waals surface area contributed by atoms with E-state index in [-0.39, 0.29) is 6.04 Å². The molecule has 100 valence electrons. The van der Waals surface area contributed by atoms with Crippen molar-refractivity contribution >= 4 is 11.6 Å². The maximum atomic E-state index is 5.92. The van der Waals surface area contributed by atoms with E-state index in [4.69, 9.17) is 16.4 Å². The summed E-state index contributed by atoms with van der Waals surface area (Å²) in [5.74, 6) is 0. The highest BCUT2D eigenvalue weighted by Gasteiger charge is 2.18. The van der Waals surface area contributed by atoms with Gasteiger partial charge in [-0.15, -0.1) is 0 Å². The smallest absolute Gasteiger partial charge is 0.0790 e. The van der Waals surface area contributed by atoms with Crippen LogP contribution in [0.15, 0.2) is 24.3 Å². The van der Waals surface area contributed by atoms with E-state index in [9.17, 15) is 0 Å². The quantitative estimate of drug-likeness (QED) is 0.758. The van der Waals surface area contributed by atoms with Crippen LogP contribution < -0.4 is 5.48 Å². The van der Waals surface area contributed by atoms with Crippen LogP contribution in [0.3, 0.4) is 0 Å². The summed E-state index contributed by atoms with van der Waals surface area (Å²) in [4.78, 5) is 5.82. The Labute approximate surface area is 115 Å². The topological polar surface area (TPSA) is 21.3 Å². The minimum Gasteiger partial charge on any atom is -0.298 e. The van der Waals surface area contributed by atoms with E-state index in [0.717, 1.165) is 17.9 Å². The first-order valence-corrected chi connectivity index (χ1v) is 7.34. The lowest BCUT2D eigenvalue weighted by Crippen LogP contribution is -2.26. The van der Waals surface area contributed by atoms with Gasteiger partial charge in [0.15, 0.2) is 0 Å². The van der Waals surface area contributed by atoms with Gasteiger partial charge in [0.05, 0.1) is 12.1 Å². The predicted molar refractivity (Wildman–Crippen MR) is 75.6 cm³/mol. The molecule has 1 atom stereocenters. The molecule has 18 heavy (non-hydrogen) atoms. The summed E-state index contributed by atoms with van der Waals surface area (Å²) in [5.41, 5.74) is 4.50. The van der Waals surface area contributed by atoms with Crippen LogP contribution in [0, 0.1) is 0 Å². The lowest BCUT2D eigenvalue weighted by Gasteiger charge is -2.21. The normalized spacial score (nSPS) is 18.1. The Kier molecular flexibility index (Phi) is 5.48. The fourth-order valence-corrected chi connectivity index (χ4v) is 2.59. The van der Waals surface area contributed by atoms with Crippen molar-refractivity contribution in [1.29, 1.82) is 0 Å². The molecule has 1 aromatic rings. The molecule has 2 rings (SSSR count). The van der Waals surface area contributed by atoms with Crippen molar-refractivity contribution < 1.29 is 4.84 Å². The number of hydroxylamine groups is 1. The molecule has 1 aliphatic rings. The third-order valence-corrected chi connectivity index (χ3v) is 3.78. The lowest BCUT2D eigenvalue weighted by molar-refractivity contribution is -0.0424. The molecule has 0 aromatic heterocycles. The Hall–Kier alpha value is -0.570. The molecule has 1 fully saturated rings. The van der Waals surface area contributed by atoms with E-state index in [1.165, 1.54) is 31.2 Å². The van der Waals surface area contributed by atoms with Crippen molar-refractivity contribution in [2.45, 2.75) is 57.6 Å². The maximum Gasteiger partial charge on any atom is 0.0790 e. The first-order valence-electron chi connectivity index (χ1n) is 6.96. The van der Waals surface area contributed by atoms with Gasteiger partial charge in [0, 0.05) is 5.02 Å². The van der Waals surface area contributed by atoms with Crippen LogP contribution in [0.1, 0.15) is 57.1 Å². The van der Waals surface area contributed by atoms with Gasteiger partial charge in [0.1, 0.15) is 0 Å². The largest absolute Gasteiger partial charge is 0.298 e. The molecule has 0 spiro atoms. The van der Waals surface area contributed by atoms with Crippen LogP contribution in [-0.2, 0) is 4.84 Å². The number of hydrogen-bond donors (Lipinski definition) is 1. The molecule has 3 heteroatoms. The third kappa shape index (κ3) is 3.98. The number of hydrogen-bond acceptors (Lipinski definition) is 2. The van der Waals surface area contributed by atoms with Gasteiger partial charge < -0.3 is 0 Å². The molecule has 0 amide bonds. The van der Waals surface area contributed by atoms with E-state index in [1.807, 2.05) is 12.1 Å². The van der Waals surface area contributed by atoms with Crippen LogP contribution in [0.4, 0.5) is 0 Å². The summed E-state index contributed by atoms with van der Waals surface area (Å²) in [6.07, 6.45) is 7.58. The van der Waals surface area contributed by atoms with Crippen molar-refractivity contribution in [2.24, 2.45) is 0 Å². The number of benzene rings is 1. The Bertz CT molecular complexity index is 346. The molecule has 2 nitrogen and oxygen atoms in total. The van der Waals surface area contributed by atoms with E-state index in [2.05, 4.69) is 24.5 Å². The molecule has 0 radical (unpaired) electrons. The van der Waals surface area contributed by atoms with Gasteiger partial charge in [-0.05, 0) is 37.0 Å². The summed E-state index contributed by atoms with van der Waals surface area (Å²) in [6.45, 7) is 2.19. The van der Waals surface area contributed by atoms with Gasteiger partial charge >= 0.3 is 0 Å². The molecule has 1 unspecified atom stereocenters. The molecular weight excluding hydrogens is 246 g/mol. The van der Waals surface area contributed by atoms with E-state index < -0.39 is 0 Å². The van der Waals surface area contributed by atoms with Crippen molar-refractivity contribution in [1.82, 2.24) is 5.48 Å². The predicted octanol–water partition coefficient (Wildman–Crippen LogP) is 4.65. The van der Waals surface area contributed by atoms with Crippen molar-refractivity contribution in [3.8, 4) is 0 Å². The zero-order chi connectivity index (χ0) is 12.8. The van der Waals surface area contributed by atoms with Gasteiger partial charge in [-0.25, -0.2) is 0 Å². The minimum absolute atomic E-state index is 0.271. The fourth-order valence-electron chi connectivity index (χ4n) is 2.46. The van der Waals surface area contributed by atoms with E-state index in [0.29, 0.717) is 6.10 Å². The number of rotatable bonds is 6. The molecule has 1 saturated carbocycles. The standard InChI is InChI=1S/C15H22ClNO/c1-2-5-15(12-8-10-13(16)11-9-12)17-18-14-6-3-4-7-14/h8-11,14-15,17H,2-7H2,1H3. The van der Waals surface area contributed by atoms with Crippen LogP contribution >= 0.6 is 11.6 Å². The van der Waals surface area contributed by atoms with Gasteiger partial charge in [0.2, 0.25) is 0 Å². The molecule has 1 aliphatic carbocycles. The summed E-state index contributed by atoms with van der Waals surface area (Å²) < 4.78 is 0. The van der Waals surface area contributed by atoms with Gasteiger partial charge in [-0.2, -0.15) is 5.48 Å². The molecular formula is C15H22ClNO. The van der Waals surface area contributed by atoms with Crippen molar-refractivity contribution in [3.63, 3.8) is 0 Å². The second-order valence-electron chi connectivity index (χ2n) is 5.03. The molecule has 0 saturated heterocycles. The summed E-state index contributed by atoms with van der Waals surface area (Å²) in [6, 6.07) is 8.31. The Morgan fingerprint density at radius 2 is 1.94 bits per heavy atom. The van der Waals surface area contributed by atoms with Gasteiger partial charge in [-0.3, -0.25) is 4.84 Å². The van der Waals surface area contributed by atoms with Crippen molar-refractivity contribution in [3.05, 3.63) is 34.9 Å². The third-order valence-electron chi connectivity index (χ3n) is 3.53. The second-order valence-corrected chi connectivity index (χ2v) is 5.47. The van der Waals surface area contributed by atoms with Crippen LogP contribution in [0.2, 0.25) is 5.02 Å². The summed E-state index contributed by atoms with van der Waals surface area (Å²) >= 11 is 5.92. The van der Waals surface area contributed by atoms with Crippen molar-refractivity contribution in [2.75, 3.05) is 0 Å². The Balaban J connectivity index is 1.91. The fraction of sp³-hybridized carbons (Fsp3) is 0.600. The summed E-state index contributed by atoms with van der Waals surface area (Å²) in [5, 5.41) is 0.783. The van der Waals surface area contributed by atoms with E-state index in [1.54, 1.807) is 0 Å². The minimum atomic E-state index is 0.271. The SMILES string of the molecule is CCCC(NOC1CCCC1)c1ccc(Cl)cc1. The Morgan fingerprint density at radius 1 is 1.28 bits per heavy atom. The Morgan fingerprint density at radius 3 is 2.56 bits per heavy atom. The first kappa shape index (κ1) is 13.9. The maximum absolute atomic E-state index is 5.92.